The van der Waals surface area contributed by atoms with Crippen molar-refractivity contribution in [2.45, 2.75) is 38.8 Å². The predicted molar refractivity (Wildman–Crippen MR) is 111 cm³/mol. The number of anilines is 1. The Morgan fingerprint density at radius 1 is 1.18 bits per heavy atom. The number of carboxylic acids is 1. The van der Waals surface area contributed by atoms with Crippen LogP contribution in [0.2, 0.25) is 10.0 Å². The van der Waals surface area contributed by atoms with Crippen LogP contribution in [0.3, 0.4) is 0 Å². The average molecular weight is 421 g/mol. The highest BCUT2D eigenvalue weighted by molar-refractivity contribution is 6.31. The summed E-state index contributed by atoms with van der Waals surface area (Å²) in [5.41, 5.74) is 0.169. The number of carboxylic acid groups (broad SMARTS) is 1. The molecule has 7 heteroatoms. The fraction of sp³-hybridized carbons (Fsp3) is 0.333. The minimum Gasteiger partial charge on any atom is -0.480 e. The van der Waals surface area contributed by atoms with Gasteiger partial charge in [0.25, 0.3) is 0 Å². The van der Waals surface area contributed by atoms with Crippen LogP contribution in [0, 0.1) is 5.41 Å². The van der Waals surface area contributed by atoms with Crippen LogP contribution in [0.5, 0.6) is 0 Å². The fourth-order valence-corrected chi connectivity index (χ4v) is 3.95. The van der Waals surface area contributed by atoms with Crippen molar-refractivity contribution in [3.8, 4) is 0 Å². The minimum absolute atomic E-state index is 0.244. The van der Waals surface area contributed by atoms with Crippen LogP contribution in [-0.2, 0) is 21.5 Å². The molecular weight excluding hydrogens is 399 g/mol. The summed E-state index contributed by atoms with van der Waals surface area (Å²) in [7, 11) is 0. The summed E-state index contributed by atoms with van der Waals surface area (Å²) < 4.78 is 0. The third-order valence-corrected chi connectivity index (χ3v) is 5.41. The number of hydrogen-bond donors (Lipinski definition) is 3. The van der Waals surface area contributed by atoms with Crippen LogP contribution >= 0.6 is 23.2 Å². The molecule has 3 rings (SSSR count). The van der Waals surface area contributed by atoms with Crippen molar-refractivity contribution >= 4 is 40.8 Å². The molecule has 1 amide bonds. The number of benzene rings is 2. The summed E-state index contributed by atoms with van der Waals surface area (Å²) in [6.45, 7) is 5.46. The van der Waals surface area contributed by atoms with Crippen molar-refractivity contribution < 1.29 is 14.7 Å². The Morgan fingerprint density at radius 3 is 2.46 bits per heavy atom. The molecule has 0 saturated heterocycles. The maximum absolute atomic E-state index is 13.2. The second-order valence-electron chi connectivity index (χ2n) is 8.14. The van der Waals surface area contributed by atoms with Gasteiger partial charge in [-0.3, -0.25) is 14.9 Å². The van der Waals surface area contributed by atoms with Crippen molar-refractivity contribution in [3.05, 3.63) is 63.6 Å². The van der Waals surface area contributed by atoms with E-state index >= 15 is 0 Å². The van der Waals surface area contributed by atoms with Gasteiger partial charge in [-0.25, -0.2) is 0 Å². The molecule has 5 nitrogen and oxygen atoms in total. The zero-order valence-electron chi connectivity index (χ0n) is 15.8. The zero-order chi connectivity index (χ0) is 20.7. The molecule has 0 radical (unpaired) electrons. The number of hydrogen-bond acceptors (Lipinski definition) is 3. The Balaban J connectivity index is 2.15. The van der Waals surface area contributed by atoms with E-state index in [1.165, 1.54) is 0 Å². The molecule has 0 fully saturated rings. The van der Waals surface area contributed by atoms with Crippen LogP contribution in [-0.4, -0.2) is 23.0 Å². The molecule has 28 heavy (non-hydrogen) atoms. The Labute approximate surface area is 174 Å². The predicted octanol–water partition coefficient (Wildman–Crippen LogP) is 4.47. The summed E-state index contributed by atoms with van der Waals surface area (Å²) >= 11 is 12.2. The third-order valence-electron chi connectivity index (χ3n) is 4.94. The quantitative estimate of drug-likeness (QED) is 0.666. The van der Waals surface area contributed by atoms with Crippen LogP contribution in [0.4, 0.5) is 5.69 Å². The van der Waals surface area contributed by atoms with Gasteiger partial charge >= 0.3 is 5.97 Å². The standard InChI is InChI=1S/C21H22Cl2N2O3/c1-20(2,3)17(18(26)27)25-21(11-12-5-4-6-13(22)9-12)15-8-7-14(23)10-16(15)24-19(21)28/h4-10,17,25H,11H2,1-3H3,(H,24,28)(H,26,27). The van der Waals surface area contributed by atoms with E-state index in [-0.39, 0.29) is 12.3 Å². The summed E-state index contributed by atoms with van der Waals surface area (Å²) in [6.07, 6.45) is 0.244. The van der Waals surface area contributed by atoms with E-state index in [0.29, 0.717) is 21.3 Å². The lowest BCUT2D eigenvalue weighted by Crippen LogP contribution is -2.59. The first-order valence-corrected chi connectivity index (χ1v) is 9.65. The molecule has 1 aliphatic heterocycles. The number of halogens is 2. The molecular formula is C21H22Cl2N2O3. The molecule has 0 aromatic heterocycles. The van der Waals surface area contributed by atoms with Crippen molar-refractivity contribution in [1.82, 2.24) is 5.32 Å². The number of carbonyl (C=O) groups is 2. The smallest absolute Gasteiger partial charge is 0.321 e. The SMILES string of the molecule is CC(C)(C)C(NC1(Cc2cccc(Cl)c2)C(=O)Nc2cc(Cl)ccc21)C(=O)O. The highest BCUT2D eigenvalue weighted by Crippen LogP contribution is 2.41. The van der Waals surface area contributed by atoms with Gasteiger partial charge in [0.1, 0.15) is 11.6 Å². The van der Waals surface area contributed by atoms with Crippen LogP contribution in [0.15, 0.2) is 42.5 Å². The third kappa shape index (κ3) is 3.88. The van der Waals surface area contributed by atoms with Gasteiger partial charge in [-0.15, -0.1) is 0 Å². The van der Waals surface area contributed by atoms with E-state index in [2.05, 4.69) is 10.6 Å². The van der Waals surface area contributed by atoms with E-state index < -0.39 is 23.0 Å². The largest absolute Gasteiger partial charge is 0.480 e. The van der Waals surface area contributed by atoms with E-state index in [9.17, 15) is 14.7 Å². The molecule has 1 aliphatic rings. The molecule has 0 bridgehead atoms. The van der Waals surface area contributed by atoms with Crippen LogP contribution in [0.1, 0.15) is 31.9 Å². The first-order chi connectivity index (χ1) is 13.0. The zero-order valence-corrected chi connectivity index (χ0v) is 17.4. The molecule has 2 aromatic carbocycles. The van der Waals surface area contributed by atoms with Gasteiger partial charge in [0.15, 0.2) is 0 Å². The highest BCUT2D eigenvalue weighted by Gasteiger charge is 2.50. The van der Waals surface area contributed by atoms with Crippen molar-refractivity contribution in [1.29, 1.82) is 0 Å². The topological polar surface area (TPSA) is 78.4 Å². The summed E-state index contributed by atoms with van der Waals surface area (Å²) in [5.74, 6) is -1.34. The van der Waals surface area contributed by atoms with E-state index in [1.54, 1.807) is 36.4 Å². The number of rotatable bonds is 5. The number of fused-ring (bicyclic) bond motifs is 1. The van der Waals surface area contributed by atoms with Crippen LogP contribution < -0.4 is 10.6 Å². The second kappa shape index (κ2) is 7.39. The van der Waals surface area contributed by atoms with Gasteiger partial charge in [-0.2, -0.15) is 0 Å². The number of carbonyl (C=O) groups excluding carboxylic acids is 1. The van der Waals surface area contributed by atoms with Gasteiger partial charge in [-0.1, -0.05) is 62.2 Å². The Hall–Kier alpha value is -2.08. The van der Waals surface area contributed by atoms with E-state index in [1.807, 2.05) is 26.8 Å². The highest BCUT2D eigenvalue weighted by atomic mass is 35.5. The van der Waals surface area contributed by atoms with Gasteiger partial charge in [0, 0.05) is 27.7 Å². The van der Waals surface area contributed by atoms with Crippen molar-refractivity contribution in [2.24, 2.45) is 5.41 Å². The van der Waals surface area contributed by atoms with Gasteiger partial charge in [0.05, 0.1) is 0 Å². The summed E-state index contributed by atoms with van der Waals surface area (Å²) in [5, 5.41) is 16.9. The summed E-state index contributed by atoms with van der Waals surface area (Å²) in [6, 6.07) is 11.4. The minimum atomic E-state index is -1.26. The Morgan fingerprint density at radius 2 is 1.86 bits per heavy atom. The number of aliphatic carboxylic acids is 1. The lowest BCUT2D eigenvalue weighted by atomic mass is 9.79. The molecule has 0 spiro atoms. The lowest BCUT2D eigenvalue weighted by Gasteiger charge is -2.37. The monoisotopic (exact) mass is 420 g/mol. The normalized spacial score (nSPS) is 19.8. The maximum atomic E-state index is 13.2. The molecule has 2 aromatic rings. The first-order valence-electron chi connectivity index (χ1n) is 8.89. The fourth-order valence-electron chi connectivity index (χ4n) is 3.56. The molecule has 2 unspecified atom stereocenters. The van der Waals surface area contributed by atoms with Gasteiger partial charge in [-0.05, 0) is 35.2 Å². The molecule has 3 N–H and O–H groups in total. The molecule has 0 aliphatic carbocycles. The molecule has 0 saturated carbocycles. The summed E-state index contributed by atoms with van der Waals surface area (Å²) in [4.78, 5) is 25.2. The Kier molecular flexibility index (Phi) is 5.45. The average Bonchev–Trinajstić information content (AvgIpc) is 2.82. The van der Waals surface area contributed by atoms with Crippen molar-refractivity contribution in [2.75, 3.05) is 5.32 Å². The number of amides is 1. The van der Waals surface area contributed by atoms with E-state index in [0.717, 1.165) is 5.56 Å². The van der Waals surface area contributed by atoms with E-state index in [4.69, 9.17) is 23.2 Å². The van der Waals surface area contributed by atoms with Crippen molar-refractivity contribution in [3.63, 3.8) is 0 Å². The molecule has 2 atom stereocenters. The molecule has 148 valence electrons. The van der Waals surface area contributed by atoms with Gasteiger partial charge < -0.3 is 10.4 Å². The maximum Gasteiger partial charge on any atom is 0.321 e. The number of nitrogens with one attached hydrogen (secondary N) is 2. The first kappa shape index (κ1) is 20.6. The van der Waals surface area contributed by atoms with Crippen LogP contribution in [0.25, 0.3) is 0 Å². The van der Waals surface area contributed by atoms with Gasteiger partial charge in [0.2, 0.25) is 5.91 Å². The molecule has 1 heterocycles. The second-order valence-corrected chi connectivity index (χ2v) is 9.01. The Bertz CT molecular complexity index is 939. The lowest BCUT2D eigenvalue weighted by molar-refractivity contribution is -0.143.